The van der Waals surface area contributed by atoms with Crippen LogP contribution in [0.2, 0.25) is 0 Å². The van der Waals surface area contributed by atoms with Crippen molar-refractivity contribution in [3.05, 3.63) is 34.5 Å². The maximum Gasteiger partial charge on any atom is 0.341 e. The molecule has 0 saturated heterocycles. The number of nitrogens with zero attached hydrogens (tertiary/aromatic N) is 3. The molecular formula is C24H32N4O3S2. The topological polar surface area (TPSA) is 86.1 Å². The lowest BCUT2D eigenvalue weighted by Gasteiger charge is -2.12. The zero-order chi connectivity index (χ0) is 23.2. The van der Waals surface area contributed by atoms with Crippen LogP contribution in [0, 0.1) is 0 Å². The second-order valence-corrected chi connectivity index (χ2v) is 10.7. The van der Waals surface area contributed by atoms with E-state index in [-0.39, 0.29) is 17.6 Å². The summed E-state index contributed by atoms with van der Waals surface area (Å²) in [6, 6.07) is 0. The maximum atomic E-state index is 12.9. The molecule has 0 aliphatic heterocycles. The summed E-state index contributed by atoms with van der Waals surface area (Å²) in [6.07, 6.45) is 12.9. The van der Waals surface area contributed by atoms with Crippen LogP contribution >= 0.6 is 23.1 Å². The summed E-state index contributed by atoms with van der Waals surface area (Å²) in [4.78, 5) is 26.6. The van der Waals surface area contributed by atoms with Crippen LogP contribution in [0.25, 0.3) is 0 Å². The van der Waals surface area contributed by atoms with E-state index >= 15 is 0 Å². The number of thioether (sulfide) groups is 1. The number of aryl methyl sites for hydroxylation is 1. The van der Waals surface area contributed by atoms with Gasteiger partial charge in [0.2, 0.25) is 5.91 Å². The highest BCUT2D eigenvalue weighted by Crippen LogP contribution is 2.38. The Bertz CT molecular complexity index is 1010. The number of carbonyl (C=O) groups excluding carboxylic acids is 2. The van der Waals surface area contributed by atoms with Crippen molar-refractivity contribution in [1.29, 1.82) is 0 Å². The van der Waals surface area contributed by atoms with Gasteiger partial charge < -0.3 is 14.6 Å². The molecule has 9 heteroatoms. The molecule has 0 aromatic carbocycles. The molecule has 0 atom stereocenters. The highest BCUT2D eigenvalue weighted by atomic mass is 32.2. The molecule has 33 heavy (non-hydrogen) atoms. The van der Waals surface area contributed by atoms with Crippen molar-refractivity contribution in [2.24, 2.45) is 0 Å². The van der Waals surface area contributed by atoms with Crippen LogP contribution in [-0.4, -0.2) is 39.5 Å². The molecule has 2 aliphatic carbocycles. The highest BCUT2D eigenvalue weighted by molar-refractivity contribution is 7.99. The summed E-state index contributed by atoms with van der Waals surface area (Å²) < 4.78 is 7.14. The van der Waals surface area contributed by atoms with Crippen molar-refractivity contribution in [3.8, 4) is 0 Å². The Morgan fingerprint density at radius 2 is 1.94 bits per heavy atom. The van der Waals surface area contributed by atoms with Gasteiger partial charge in [0.05, 0.1) is 18.4 Å². The molecule has 7 nitrogen and oxygen atoms in total. The van der Waals surface area contributed by atoms with Crippen LogP contribution in [0.15, 0.2) is 17.8 Å². The van der Waals surface area contributed by atoms with Crippen molar-refractivity contribution in [2.45, 2.75) is 81.8 Å². The fourth-order valence-electron chi connectivity index (χ4n) is 4.81. The molecule has 4 rings (SSSR count). The lowest BCUT2D eigenvalue weighted by molar-refractivity contribution is -0.113. The summed E-state index contributed by atoms with van der Waals surface area (Å²) in [5, 5.41) is 13.1. The van der Waals surface area contributed by atoms with Crippen LogP contribution in [0.1, 0.15) is 83.9 Å². The number of fused-ring (bicyclic) bond motifs is 1. The number of hydrogen-bond acceptors (Lipinski definition) is 7. The Balaban J connectivity index is 1.48. The maximum absolute atomic E-state index is 12.9. The number of nitrogens with one attached hydrogen (secondary N) is 1. The second-order valence-electron chi connectivity index (χ2n) is 8.67. The number of allylic oxidation sites excluding steroid dienone is 1. The summed E-state index contributed by atoms with van der Waals surface area (Å²) in [5.41, 5.74) is 1.59. The monoisotopic (exact) mass is 488 g/mol. The Hall–Kier alpha value is -2.13. The van der Waals surface area contributed by atoms with E-state index in [1.54, 1.807) is 0 Å². The zero-order valence-corrected chi connectivity index (χ0v) is 20.9. The molecule has 1 fully saturated rings. The standard InChI is InChI=1S/C24H32N4O3S2/c1-3-14-28-21(16-10-8-9-11-16)26-27-24(28)32-15-19(29)25-22-20(23(30)31-2)17-12-6-4-5-7-13-18(17)33-22/h3,16H,1,4-15H2,2H3,(H,25,29). The van der Waals surface area contributed by atoms with Crippen LogP contribution in [0.5, 0.6) is 0 Å². The molecule has 2 heterocycles. The number of carbonyl (C=O) groups is 2. The molecule has 2 aromatic rings. The van der Waals surface area contributed by atoms with E-state index in [9.17, 15) is 9.59 Å². The molecular weight excluding hydrogens is 456 g/mol. The number of amides is 1. The molecule has 178 valence electrons. The number of rotatable bonds is 8. The van der Waals surface area contributed by atoms with Crippen molar-refractivity contribution in [1.82, 2.24) is 14.8 Å². The van der Waals surface area contributed by atoms with Crippen molar-refractivity contribution >= 4 is 40.0 Å². The van der Waals surface area contributed by atoms with Crippen molar-refractivity contribution in [2.75, 3.05) is 18.2 Å². The minimum atomic E-state index is -0.372. The van der Waals surface area contributed by atoms with E-state index in [1.165, 1.54) is 60.8 Å². The van der Waals surface area contributed by atoms with E-state index in [4.69, 9.17) is 4.74 Å². The Morgan fingerprint density at radius 3 is 2.67 bits per heavy atom. The van der Waals surface area contributed by atoms with Gasteiger partial charge >= 0.3 is 5.97 Å². The lowest BCUT2D eigenvalue weighted by atomic mass is 9.96. The summed E-state index contributed by atoms with van der Waals surface area (Å²) in [6.45, 7) is 4.50. The van der Waals surface area contributed by atoms with Gasteiger partial charge in [-0.1, -0.05) is 43.5 Å². The molecule has 2 aromatic heterocycles. The first-order valence-electron chi connectivity index (χ1n) is 11.8. The van der Waals surface area contributed by atoms with Gasteiger partial charge in [0.25, 0.3) is 0 Å². The Kier molecular flexibility index (Phi) is 8.25. The van der Waals surface area contributed by atoms with Crippen LogP contribution in [-0.2, 0) is 28.9 Å². The molecule has 1 saturated carbocycles. The predicted molar refractivity (Wildman–Crippen MR) is 132 cm³/mol. The summed E-state index contributed by atoms with van der Waals surface area (Å²) in [7, 11) is 1.39. The first-order chi connectivity index (χ1) is 16.1. The van der Waals surface area contributed by atoms with Gasteiger partial charge in [-0.05, 0) is 44.1 Å². The van der Waals surface area contributed by atoms with Gasteiger partial charge in [-0.25, -0.2) is 4.79 Å². The summed E-state index contributed by atoms with van der Waals surface area (Å²) in [5.74, 6) is 1.11. The van der Waals surface area contributed by atoms with Crippen molar-refractivity contribution < 1.29 is 14.3 Å². The lowest BCUT2D eigenvalue weighted by Crippen LogP contribution is -2.17. The predicted octanol–water partition coefficient (Wildman–Crippen LogP) is 5.36. The van der Waals surface area contributed by atoms with Gasteiger partial charge in [0.1, 0.15) is 10.8 Å². The third-order valence-corrected chi connectivity index (χ3v) is 8.60. The van der Waals surface area contributed by atoms with E-state index in [0.717, 1.165) is 55.1 Å². The minimum Gasteiger partial charge on any atom is -0.465 e. The molecule has 0 bridgehead atoms. The van der Waals surface area contributed by atoms with Crippen LogP contribution < -0.4 is 5.32 Å². The van der Waals surface area contributed by atoms with Gasteiger partial charge in [-0.3, -0.25) is 4.79 Å². The third kappa shape index (κ3) is 5.51. The molecule has 0 radical (unpaired) electrons. The fraction of sp³-hybridized carbons (Fsp3) is 0.583. The number of esters is 1. The van der Waals surface area contributed by atoms with Crippen LogP contribution in [0.3, 0.4) is 0 Å². The van der Waals surface area contributed by atoms with Gasteiger partial charge in [0.15, 0.2) is 5.16 Å². The first kappa shape index (κ1) is 24.0. The number of methoxy groups -OCH3 is 1. The van der Waals surface area contributed by atoms with Gasteiger partial charge in [-0.2, -0.15) is 0 Å². The van der Waals surface area contributed by atoms with Crippen molar-refractivity contribution in [3.63, 3.8) is 0 Å². The fourth-order valence-corrected chi connectivity index (χ4v) is 6.86. The first-order valence-corrected chi connectivity index (χ1v) is 13.6. The number of hydrogen-bond donors (Lipinski definition) is 1. The molecule has 1 amide bonds. The number of anilines is 1. The van der Waals surface area contributed by atoms with E-state index in [1.807, 2.05) is 6.08 Å². The normalized spacial score (nSPS) is 16.6. The number of thiophene rings is 1. The summed E-state index contributed by atoms with van der Waals surface area (Å²) >= 11 is 2.90. The Morgan fingerprint density at radius 1 is 1.18 bits per heavy atom. The number of aromatic nitrogens is 3. The third-order valence-electron chi connectivity index (χ3n) is 6.42. The molecule has 2 aliphatic rings. The average molecular weight is 489 g/mol. The largest absolute Gasteiger partial charge is 0.465 e. The minimum absolute atomic E-state index is 0.157. The van der Waals surface area contributed by atoms with E-state index in [0.29, 0.717) is 23.0 Å². The quantitative estimate of drug-likeness (QED) is 0.306. The average Bonchev–Trinajstić information content (AvgIpc) is 3.52. The highest BCUT2D eigenvalue weighted by Gasteiger charge is 2.27. The van der Waals surface area contributed by atoms with Gasteiger partial charge in [-0.15, -0.1) is 28.1 Å². The van der Waals surface area contributed by atoms with Gasteiger partial charge in [0, 0.05) is 17.3 Å². The molecule has 0 unspecified atom stereocenters. The zero-order valence-electron chi connectivity index (χ0n) is 19.2. The molecule has 0 spiro atoms. The number of ether oxygens (including phenoxy) is 1. The SMILES string of the molecule is C=CCn1c(SCC(=O)Nc2sc3c(c2C(=O)OC)CCCCCC3)nnc1C1CCCC1. The second kappa shape index (κ2) is 11.3. The van der Waals surface area contributed by atoms with E-state index in [2.05, 4.69) is 26.7 Å². The van der Waals surface area contributed by atoms with E-state index < -0.39 is 0 Å². The Labute approximate surface area is 203 Å². The molecule has 1 N–H and O–H groups in total. The smallest absolute Gasteiger partial charge is 0.341 e. The van der Waals surface area contributed by atoms with Crippen LogP contribution in [0.4, 0.5) is 5.00 Å².